The van der Waals surface area contributed by atoms with E-state index in [0.29, 0.717) is 12.5 Å². The Hall–Kier alpha value is -0.620. The second-order valence-electron chi connectivity index (χ2n) is 3.50. The molecule has 0 radical (unpaired) electrons. The number of carbonyl (C=O) groups excluding carboxylic acids is 1. The summed E-state index contributed by atoms with van der Waals surface area (Å²) in [4.78, 5) is 10.8. The lowest BCUT2D eigenvalue weighted by atomic mass is 10.2. The van der Waals surface area contributed by atoms with Crippen LogP contribution in [0.5, 0.6) is 0 Å². The van der Waals surface area contributed by atoms with Crippen LogP contribution in [0, 0.1) is 0 Å². The summed E-state index contributed by atoms with van der Waals surface area (Å²) in [6.07, 6.45) is 1.33. The van der Waals surface area contributed by atoms with Crippen LogP contribution in [0.4, 0.5) is 0 Å². The fraction of sp³-hybridized carbons (Fsp3) is 0.889. The van der Waals surface area contributed by atoms with Gasteiger partial charge in [-0.15, -0.1) is 0 Å². The summed E-state index contributed by atoms with van der Waals surface area (Å²) in [5.74, 6) is -1.18. The topological polar surface area (TPSA) is 72.5 Å². The summed E-state index contributed by atoms with van der Waals surface area (Å²) < 4.78 is 27.0. The van der Waals surface area contributed by atoms with E-state index in [-0.39, 0.29) is 5.75 Å². The van der Waals surface area contributed by atoms with E-state index in [2.05, 4.69) is 10.1 Å². The quantitative estimate of drug-likeness (QED) is 0.629. The summed E-state index contributed by atoms with van der Waals surface area (Å²) >= 11 is 0. The molecular weight excluding hydrogens is 218 g/mol. The molecule has 0 spiro atoms. The lowest BCUT2D eigenvalue weighted by Gasteiger charge is -2.09. The van der Waals surface area contributed by atoms with Crippen LogP contribution in [0.2, 0.25) is 0 Å². The predicted molar refractivity (Wildman–Crippen MR) is 58.4 cm³/mol. The monoisotopic (exact) mass is 237 g/mol. The van der Waals surface area contributed by atoms with Crippen LogP contribution < -0.4 is 5.32 Å². The van der Waals surface area contributed by atoms with Gasteiger partial charge in [-0.3, -0.25) is 4.79 Å². The summed E-state index contributed by atoms with van der Waals surface area (Å²) in [7, 11) is -0.291. The lowest BCUT2D eigenvalue weighted by molar-refractivity contribution is -0.137. The highest BCUT2D eigenvalue weighted by Gasteiger charge is 2.16. The van der Waals surface area contributed by atoms with Crippen LogP contribution in [0.3, 0.4) is 0 Å². The molecule has 1 unspecified atom stereocenters. The van der Waals surface area contributed by atoms with Gasteiger partial charge in [-0.05, 0) is 26.8 Å². The molecule has 1 N–H and O–H groups in total. The minimum atomic E-state index is -3.30. The molecule has 15 heavy (non-hydrogen) atoms. The van der Waals surface area contributed by atoms with E-state index in [4.69, 9.17) is 0 Å². The Morgan fingerprint density at radius 1 is 1.47 bits per heavy atom. The van der Waals surface area contributed by atoms with Gasteiger partial charge in [0.1, 0.15) is 5.75 Å². The molecule has 0 aromatic rings. The van der Waals surface area contributed by atoms with E-state index in [1.54, 1.807) is 0 Å². The number of nitrogens with one attached hydrogen (secondary N) is 1. The zero-order valence-electron chi connectivity index (χ0n) is 9.45. The Kier molecular flexibility index (Phi) is 6.51. The number of sulfone groups is 1. The molecule has 0 aliphatic rings. The van der Waals surface area contributed by atoms with Crippen LogP contribution in [-0.4, -0.2) is 46.1 Å². The lowest BCUT2D eigenvalue weighted by Crippen LogP contribution is -2.24. The maximum Gasteiger partial charge on any atom is 0.320 e. The Bertz CT molecular complexity index is 286. The average Bonchev–Trinajstić information content (AvgIpc) is 2.16. The van der Waals surface area contributed by atoms with Gasteiger partial charge in [0.25, 0.3) is 0 Å². The third kappa shape index (κ3) is 7.33. The summed E-state index contributed by atoms with van der Waals surface area (Å²) in [6.45, 7) is 1.98. The van der Waals surface area contributed by atoms with Gasteiger partial charge in [0.15, 0.2) is 9.84 Å². The number of esters is 1. The van der Waals surface area contributed by atoms with Crippen molar-refractivity contribution in [2.75, 3.05) is 25.7 Å². The summed E-state index contributed by atoms with van der Waals surface area (Å²) in [5, 5.41) is 3.02. The first-order valence-corrected chi connectivity index (χ1v) is 6.68. The highest BCUT2D eigenvalue weighted by atomic mass is 32.2. The molecule has 0 heterocycles. The Labute approximate surface area is 91.1 Å². The van der Waals surface area contributed by atoms with Gasteiger partial charge in [0.05, 0.1) is 12.9 Å². The largest absolute Gasteiger partial charge is 0.468 e. The van der Waals surface area contributed by atoms with Crippen molar-refractivity contribution in [3.8, 4) is 0 Å². The molecule has 0 aliphatic carbocycles. The average molecular weight is 237 g/mol. The van der Waals surface area contributed by atoms with Crippen molar-refractivity contribution in [2.24, 2.45) is 0 Å². The molecule has 0 saturated heterocycles. The summed E-state index contributed by atoms with van der Waals surface area (Å²) in [5.41, 5.74) is 0. The van der Waals surface area contributed by atoms with Crippen LogP contribution in [-0.2, 0) is 19.4 Å². The minimum absolute atomic E-state index is 0.0358. The molecular formula is C9H19NO4S. The first kappa shape index (κ1) is 14.4. The highest BCUT2D eigenvalue weighted by molar-refractivity contribution is 7.92. The van der Waals surface area contributed by atoms with E-state index < -0.39 is 21.6 Å². The number of hydrogen-bond donors (Lipinski definition) is 1. The highest BCUT2D eigenvalue weighted by Crippen LogP contribution is 2.01. The number of rotatable bonds is 7. The zero-order valence-corrected chi connectivity index (χ0v) is 10.3. The minimum Gasteiger partial charge on any atom is -0.468 e. The molecule has 0 saturated carbocycles. The van der Waals surface area contributed by atoms with Gasteiger partial charge < -0.3 is 10.1 Å². The number of methoxy groups -OCH3 is 1. The van der Waals surface area contributed by atoms with Crippen molar-refractivity contribution in [3.63, 3.8) is 0 Å². The Morgan fingerprint density at radius 2 is 2.07 bits per heavy atom. The molecule has 0 fully saturated rings. The first-order valence-electron chi connectivity index (χ1n) is 4.86. The predicted octanol–water partition coefficient (Wildman–Crippen LogP) is -0.0377. The van der Waals surface area contributed by atoms with Crippen molar-refractivity contribution in [1.29, 1.82) is 0 Å². The van der Waals surface area contributed by atoms with Gasteiger partial charge in [0, 0.05) is 6.04 Å². The standard InChI is InChI=1S/C9H19NO4S/c1-8(10-2)5-4-6-15(12,13)7-9(11)14-3/h8,10H,4-7H2,1-3H3. The zero-order chi connectivity index (χ0) is 11.9. The molecule has 1 atom stereocenters. The van der Waals surface area contributed by atoms with E-state index in [1.807, 2.05) is 14.0 Å². The second-order valence-corrected chi connectivity index (χ2v) is 5.68. The van der Waals surface area contributed by atoms with Crippen LogP contribution in [0.25, 0.3) is 0 Å². The molecule has 90 valence electrons. The van der Waals surface area contributed by atoms with E-state index in [1.165, 1.54) is 7.11 Å². The molecule has 0 aromatic carbocycles. The summed E-state index contributed by atoms with van der Waals surface area (Å²) in [6, 6.07) is 0.290. The van der Waals surface area contributed by atoms with Gasteiger partial charge in [0.2, 0.25) is 0 Å². The van der Waals surface area contributed by atoms with Gasteiger partial charge in [-0.2, -0.15) is 0 Å². The molecule has 0 bridgehead atoms. The third-order valence-electron chi connectivity index (χ3n) is 2.15. The van der Waals surface area contributed by atoms with Gasteiger partial charge in [-0.1, -0.05) is 0 Å². The third-order valence-corrected chi connectivity index (χ3v) is 3.74. The normalized spacial score (nSPS) is 13.5. The molecule has 0 rings (SSSR count). The van der Waals surface area contributed by atoms with Crippen LogP contribution in [0.1, 0.15) is 19.8 Å². The van der Waals surface area contributed by atoms with Crippen LogP contribution >= 0.6 is 0 Å². The van der Waals surface area contributed by atoms with Crippen LogP contribution in [0.15, 0.2) is 0 Å². The number of hydrogen-bond acceptors (Lipinski definition) is 5. The molecule has 6 heteroatoms. The van der Waals surface area contributed by atoms with Crippen molar-refractivity contribution >= 4 is 15.8 Å². The fourth-order valence-corrected chi connectivity index (χ4v) is 2.29. The maximum absolute atomic E-state index is 11.3. The number of ether oxygens (including phenoxy) is 1. The maximum atomic E-state index is 11.3. The molecule has 5 nitrogen and oxygen atoms in total. The first-order chi connectivity index (χ1) is 6.91. The van der Waals surface area contributed by atoms with Gasteiger partial charge in [-0.25, -0.2) is 8.42 Å². The van der Waals surface area contributed by atoms with E-state index in [0.717, 1.165) is 6.42 Å². The van der Waals surface area contributed by atoms with Crippen molar-refractivity contribution < 1.29 is 17.9 Å². The smallest absolute Gasteiger partial charge is 0.320 e. The van der Waals surface area contributed by atoms with E-state index in [9.17, 15) is 13.2 Å². The van der Waals surface area contributed by atoms with Gasteiger partial charge >= 0.3 is 5.97 Å². The molecule has 0 amide bonds. The number of carbonyl (C=O) groups is 1. The Balaban J connectivity index is 3.90. The Morgan fingerprint density at radius 3 is 2.53 bits per heavy atom. The fourth-order valence-electron chi connectivity index (χ4n) is 1.06. The van der Waals surface area contributed by atoms with E-state index >= 15 is 0 Å². The van der Waals surface area contributed by atoms with Crippen molar-refractivity contribution in [1.82, 2.24) is 5.32 Å². The second kappa shape index (κ2) is 6.79. The van der Waals surface area contributed by atoms with Crippen molar-refractivity contribution in [3.05, 3.63) is 0 Å². The van der Waals surface area contributed by atoms with Crippen molar-refractivity contribution in [2.45, 2.75) is 25.8 Å². The molecule has 0 aliphatic heterocycles. The molecule has 0 aromatic heterocycles. The SMILES string of the molecule is CNC(C)CCCS(=O)(=O)CC(=O)OC.